The second-order valence-corrected chi connectivity index (χ2v) is 4.44. The Morgan fingerprint density at radius 1 is 1.26 bits per heavy atom. The van der Waals surface area contributed by atoms with E-state index in [0.717, 1.165) is 30.6 Å². The van der Waals surface area contributed by atoms with Crippen LogP contribution in [0.2, 0.25) is 0 Å². The molecule has 0 saturated heterocycles. The standard InChI is InChI=1S/C12H21N3O3S/c16-10-13-6-3-1-2-4-7-14-12(18)15(11-17)8-5-9-19/h11,19H,1-9H2,(H,14,18). The molecule has 0 saturated carbocycles. The molecule has 0 aromatic carbocycles. The van der Waals surface area contributed by atoms with Crippen LogP contribution in [0.3, 0.4) is 0 Å². The van der Waals surface area contributed by atoms with Gasteiger partial charge in [0.05, 0.1) is 6.54 Å². The number of isocyanates is 1. The van der Waals surface area contributed by atoms with Crippen molar-refractivity contribution in [2.24, 2.45) is 4.99 Å². The Labute approximate surface area is 119 Å². The van der Waals surface area contributed by atoms with Crippen LogP contribution < -0.4 is 5.32 Å². The number of imide groups is 1. The summed E-state index contributed by atoms with van der Waals surface area (Å²) in [4.78, 5) is 36.6. The number of aliphatic imine (C=N–C) groups is 1. The number of urea groups is 1. The number of amides is 3. The van der Waals surface area contributed by atoms with Gasteiger partial charge in [-0.05, 0) is 25.0 Å². The Bertz CT molecular complexity index is 307. The van der Waals surface area contributed by atoms with Crippen LogP contribution in [-0.4, -0.2) is 48.8 Å². The van der Waals surface area contributed by atoms with E-state index in [2.05, 4.69) is 22.9 Å². The van der Waals surface area contributed by atoms with Crippen molar-refractivity contribution in [3.8, 4) is 0 Å². The first kappa shape index (κ1) is 17.7. The number of nitrogens with one attached hydrogen (secondary N) is 1. The molecular formula is C12H21N3O3S. The average molecular weight is 287 g/mol. The summed E-state index contributed by atoms with van der Waals surface area (Å²) in [5.41, 5.74) is 0. The van der Waals surface area contributed by atoms with Crippen LogP contribution >= 0.6 is 12.6 Å². The van der Waals surface area contributed by atoms with Crippen molar-refractivity contribution in [3.05, 3.63) is 0 Å². The van der Waals surface area contributed by atoms with E-state index in [0.29, 0.717) is 38.2 Å². The molecule has 0 aromatic heterocycles. The second-order valence-electron chi connectivity index (χ2n) is 4.00. The number of unbranched alkanes of at least 4 members (excludes halogenated alkanes) is 3. The van der Waals surface area contributed by atoms with Gasteiger partial charge in [0.2, 0.25) is 12.5 Å². The highest BCUT2D eigenvalue weighted by atomic mass is 32.1. The van der Waals surface area contributed by atoms with Crippen molar-refractivity contribution in [3.63, 3.8) is 0 Å². The lowest BCUT2D eigenvalue weighted by Crippen LogP contribution is -2.40. The molecule has 3 amide bonds. The minimum atomic E-state index is -0.359. The fourth-order valence-electron chi connectivity index (χ4n) is 1.46. The zero-order chi connectivity index (χ0) is 14.3. The number of carbonyl (C=O) groups is 2. The molecule has 0 radical (unpaired) electrons. The van der Waals surface area contributed by atoms with E-state index in [-0.39, 0.29) is 6.03 Å². The summed E-state index contributed by atoms with van der Waals surface area (Å²) in [6.45, 7) is 1.45. The van der Waals surface area contributed by atoms with E-state index in [1.807, 2.05) is 0 Å². The first-order valence-corrected chi connectivity index (χ1v) is 7.03. The van der Waals surface area contributed by atoms with Crippen molar-refractivity contribution < 1.29 is 14.4 Å². The maximum absolute atomic E-state index is 11.6. The lowest BCUT2D eigenvalue weighted by atomic mass is 10.2. The second kappa shape index (κ2) is 13.1. The number of nitrogens with zero attached hydrogens (tertiary/aromatic N) is 2. The molecule has 0 fully saturated rings. The lowest BCUT2D eigenvalue weighted by molar-refractivity contribution is -0.115. The van der Waals surface area contributed by atoms with Crippen LogP contribution in [0.1, 0.15) is 32.1 Å². The summed E-state index contributed by atoms with van der Waals surface area (Å²) in [7, 11) is 0. The highest BCUT2D eigenvalue weighted by Gasteiger charge is 2.10. The summed E-state index contributed by atoms with van der Waals surface area (Å²) in [6.07, 6.45) is 6.32. The third kappa shape index (κ3) is 10.3. The smallest absolute Gasteiger partial charge is 0.323 e. The number of hydrogen-bond donors (Lipinski definition) is 2. The monoisotopic (exact) mass is 287 g/mol. The molecule has 19 heavy (non-hydrogen) atoms. The summed E-state index contributed by atoms with van der Waals surface area (Å²) >= 11 is 4.03. The lowest BCUT2D eigenvalue weighted by Gasteiger charge is -2.15. The van der Waals surface area contributed by atoms with Crippen LogP contribution in [0, 0.1) is 0 Å². The highest BCUT2D eigenvalue weighted by Crippen LogP contribution is 1.99. The number of carbonyl (C=O) groups excluding carboxylic acids is 3. The van der Waals surface area contributed by atoms with Gasteiger partial charge in [0.25, 0.3) is 0 Å². The highest BCUT2D eigenvalue weighted by molar-refractivity contribution is 7.80. The molecular weight excluding hydrogens is 266 g/mol. The van der Waals surface area contributed by atoms with Gasteiger partial charge in [-0.2, -0.15) is 12.6 Å². The molecule has 0 rings (SSSR count). The molecule has 0 heterocycles. The van der Waals surface area contributed by atoms with Crippen molar-refractivity contribution in [2.45, 2.75) is 32.1 Å². The van der Waals surface area contributed by atoms with Crippen molar-refractivity contribution >= 4 is 31.1 Å². The van der Waals surface area contributed by atoms with Gasteiger partial charge in [-0.15, -0.1) is 0 Å². The minimum absolute atomic E-state index is 0.359. The van der Waals surface area contributed by atoms with E-state index in [4.69, 9.17) is 0 Å². The van der Waals surface area contributed by atoms with Crippen LogP contribution in [0.25, 0.3) is 0 Å². The minimum Gasteiger partial charge on any atom is -0.338 e. The number of rotatable bonds is 11. The zero-order valence-electron chi connectivity index (χ0n) is 11.0. The molecule has 1 N–H and O–H groups in total. The van der Waals surface area contributed by atoms with Gasteiger partial charge in [-0.25, -0.2) is 14.6 Å². The van der Waals surface area contributed by atoms with Gasteiger partial charge in [0.1, 0.15) is 0 Å². The maximum atomic E-state index is 11.6. The molecule has 7 heteroatoms. The fourth-order valence-corrected chi connectivity index (χ4v) is 1.60. The van der Waals surface area contributed by atoms with Gasteiger partial charge in [0, 0.05) is 13.1 Å². The van der Waals surface area contributed by atoms with E-state index in [1.54, 1.807) is 0 Å². The summed E-state index contributed by atoms with van der Waals surface area (Å²) < 4.78 is 0. The summed E-state index contributed by atoms with van der Waals surface area (Å²) in [5, 5.41) is 2.69. The third-order valence-electron chi connectivity index (χ3n) is 2.48. The van der Waals surface area contributed by atoms with Crippen LogP contribution in [0.15, 0.2) is 4.99 Å². The van der Waals surface area contributed by atoms with Gasteiger partial charge in [-0.3, -0.25) is 9.69 Å². The van der Waals surface area contributed by atoms with E-state index < -0.39 is 0 Å². The Hall–Kier alpha value is -1.33. The topological polar surface area (TPSA) is 78.8 Å². The predicted molar refractivity (Wildman–Crippen MR) is 76.1 cm³/mol. The molecule has 0 bridgehead atoms. The SMILES string of the molecule is O=C=NCCCCCCNC(=O)N(C=O)CCCS. The predicted octanol–water partition coefficient (Wildman–Crippen LogP) is 1.37. The Balaban J connectivity index is 3.55. The first-order chi connectivity index (χ1) is 9.26. The largest absolute Gasteiger partial charge is 0.338 e. The van der Waals surface area contributed by atoms with E-state index in [1.165, 1.54) is 6.08 Å². The molecule has 108 valence electrons. The molecule has 0 aromatic rings. The summed E-state index contributed by atoms with van der Waals surface area (Å²) in [6, 6.07) is -0.359. The van der Waals surface area contributed by atoms with Gasteiger partial charge in [-0.1, -0.05) is 12.8 Å². The molecule has 0 atom stereocenters. The first-order valence-electron chi connectivity index (χ1n) is 6.40. The molecule has 0 spiro atoms. The normalized spacial score (nSPS) is 9.53. The average Bonchev–Trinajstić information content (AvgIpc) is 2.42. The molecule has 0 aliphatic heterocycles. The molecule has 6 nitrogen and oxygen atoms in total. The molecule has 0 aliphatic rings. The Morgan fingerprint density at radius 2 is 2.00 bits per heavy atom. The van der Waals surface area contributed by atoms with Gasteiger partial charge in [0.15, 0.2) is 0 Å². The number of hydrogen-bond acceptors (Lipinski definition) is 5. The van der Waals surface area contributed by atoms with Gasteiger partial charge < -0.3 is 5.32 Å². The zero-order valence-corrected chi connectivity index (χ0v) is 11.9. The van der Waals surface area contributed by atoms with Crippen molar-refractivity contribution in [2.75, 3.05) is 25.4 Å². The van der Waals surface area contributed by atoms with Crippen LogP contribution in [0.5, 0.6) is 0 Å². The Morgan fingerprint density at radius 3 is 2.63 bits per heavy atom. The number of thiol groups is 1. The van der Waals surface area contributed by atoms with Gasteiger partial charge >= 0.3 is 6.03 Å². The summed E-state index contributed by atoms with van der Waals surface area (Å²) in [5.74, 6) is 0.640. The molecule has 0 aliphatic carbocycles. The fraction of sp³-hybridized carbons (Fsp3) is 0.750. The van der Waals surface area contributed by atoms with Crippen molar-refractivity contribution in [1.29, 1.82) is 0 Å². The maximum Gasteiger partial charge on any atom is 0.323 e. The quantitative estimate of drug-likeness (QED) is 0.198. The Kier molecular flexibility index (Phi) is 12.2. The van der Waals surface area contributed by atoms with E-state index in [9.17, 15) is 14.4 Å². The van der Waals surface area contributed by atoms with Crippen LogP contribution in [-0.2, 0) is 9.59 Å². The third-order valence-corrected chi connectivity index (χ3v) is 2.80. The van der Waals surface area contributed by atoms with Crippen LogP contribution in [0.4, 0.5) is 4.79 Å². The van der Waals surface area contributed by atoms with E-state index >= 15 is 0 Å². The van der Waals surface area contributed by atoms with Crippen molar-refractivity contribution in [1.82, 2.24) is 10.2 Å². The molecule has 0 unspecified atom stereocenters.